The topological polar surface area (TPSA) is 115 Å². The number of rotatable bonds is 7. The molecule has 154 valence electrons. The number of hydrogen-bond donors (Lipinski definition) is 2. The van der Waals surface area contributed by atoms with Crippen LogP contribution in [0, 0.1) is 0 Å². The van der Waals surface area contributed by atoms with Crippen molar-refractivity contribution in [1.29, 1.82) is 0 Å². The third kappa shape index (κ3) is 3.79. The van der Waals surface area contributed by atoms with Gasteiger partial charge >= 0.3 is 5.97 Å². The number of H-pyrrole nitrogens is 1. The number of carboxylic acid groups (broad SMARTS) is 1. The zero-order valence-corrected chi connectivity index (χ0v) is 17.0. The molecular formula is C20H18ClN5O4. The molecule has 0 fully saturated rings. The largest absolute Gasteiger partial charge is 0.493 e. The number of nitrogens with zero attached hydrogens (tertiary/aromatic N) is 4. The minimum Gasteiger partial charge on any atom is -0.493 e. The number of benzene rings is 2. The molecule has 10 heteroatoms. The molecule has 30 heavy (non-hydrogen) atoms. The summed E-state index contributed by atoms with van der Waals surface area (Å²) in [6.07, 6.45) is 2.20. The molecule has 0 atom stereocenters. The third-order valence-corrected chi connectivity index (χ3v) is 5.06. The Morgan fingerprint density at radius 2 is 2.10 bits per heavy atom. The molecule has 0 aliphatic rings. The van der Waals surface area contributed by atoms with Gasteiger partial charge in [-0.25, -0.2) is 9.78 Å². The molecule has 4 aromatic rings. The van der Waals surface area contributed by atoms with E-state index in [0.29, 0.717) is 34.3 Å². The zero-order chi connectivity index (χ0) is 21.3. The van der Waals surface area contributed by atoms with Crippen molar-refractivity contribution in [1.82, 2.24) is 25.0 Å². The number of nitrogens with one attached hydrogen (secondary N) is 1. The molecule has 0 aliphatic carbocycles. The summed E-state index contributed by atoms with van der Waals surface area (Å²) in [5.41, 5.74) is 2.51. The van der Waals surface area contributed by atoms with E-state index in [1.807, 2.05) is 19.2 Å². The number of ether oxygens (including phenoxy) is 2. The van der Waals surface area contributed by atoms with Crippen LogP contribution in [-0.4, -0.2) is 49.8 Å². The molecule has 9 nitrogen and oxygen atoms in total. The molecule has 0 amide bonds. The number of carbonyl (C=O) groups is 1. The highest BCUT2D eigenvalue weighted by Gasteiger charge is 2.15. The van der Waals surface area contributed by atoms with Crippen molar-refractivity contribution in [3.05, 3.63) is 52.9 Å². The van der Waals surface area contributed by atoms with Gasteiger partial charge in [0.2, 0.25) is 0 Å². The summed E-state index contributed by atoms with van der Waals surface area (Å²) in [7, 11) is 3.30. The average Bonchev–Trinajstić information content (AvgIpc) is 3.35. The summed E-state index contributed by atoms with van der Waals surface area (Å²) >= 11 is 6.53. The van der Waals surface area contributed by atoms with Gasteiger partial charge in [-0.2, -0.15) is 10.2 Å². The van der Waals surface area contributed by atoms with E-state index < -0.39 is 12.6 Å². The first-order chi connectivity index (χ1) is 14.5. The van der Waals surface area contributed by atoms with Crippen molar-refractivity contribution in [2.24, 2.45) is 7.05 Å². The molecule has 2 aromatic carbocycles. The van der Waals surface area contributed by atoms with E-state index >= 15 is 0 Å². The van der Waals surface area contributed by atoms with Crippen LogP contribution in [0.25, 0.3) is 22.3 Å². The fourth-order valence-corrected chi connectivity index (χ4v) is 3.37. The summed E-state index contributed by atoms with van der Waals surface area (Å²) in [5.74, 6) is 0.914. The minimum atomic E-state index is -1.07. The summed E-state index contributed by atoms with van der Waals surface area (Å²) in [5, 5.41) is 21.7. The lowest BCUT2D eigenvalue weighted by molar-refractivity contribution is -0.139. The zero-order valence-electron chi connectivity index (χ0n) is 16.2. The summed E-state index contributed by atoms with van der Waals surface area (Å²) in [6, 6.07) is 8.97. The second kappa shape index (κ2) is 8.03. The molecule has 2 aromatic heterocycles. The van der Waals surface area contributed by atoms with Crippen LogP contribution in [0.1, 0.15) is 11.4 Å². The molecular weight excluding hydrogens is 410 g/mol. The number of aromatic nitrogens is 5. The summed E-state index contributed by atoms with van der Waals surface area (Å²) in [4.78, 5) is 15.4. The number of methoxy groups -OCH3 is 1. The first kappa shape index (κ1) is 19.7. The van der Waals surface area contributed by atoms with E-state index in [9.17, 15) is 4.79 Å². The minimum absolute atomic E-state index is 0.333. The molecule has 0 saturated heterocycles. The first-order valence-electron chi connectivity index (χ1n) is 8.99. The van der Waals surface area contributed by atoms with E-state index in [0.717, 1.165) is 22.3 Å². The lowest BCUT2D eigenvalue weighted by Gasteiger charge is -2.09. The van der Waals surface area contributed by atoms with E-state index in [1.165, 1.54) is 7.11 Å². The highest BCUT2D eigenvalue weighted by molar-refractivity contribution is 6.36. The van der Waals surface area contributed by atoms with Crippen molar-refractivity contribution < 1.29 is 19.4 Å². The monoisotopic (exact) mass is 427 g/mol. The van der Waals surface area contributed by atoms with Crippen LogP contribution in [0.4, 0.5) is 0 Å². The van der Waals surface area contributed by atoms with Crippen molar-refractivity contribution in [3.8, 4) is 22.9 Å². The Bertz CT molecular complexity index is 1230. The number of aryl methyl sites for hydroxylation is 1. The molecule has 4 rings (SSSR count). The number of aliphatic carboxylic acids is 1. The van der Waals surface area contributed by atoms with Crippen LogP contribution in [0.3, 0.4) is 0 Å². The number of halogens is 1. The van der Waals surface area contributed by atoms with Gasteiger partial charge in [0, 0.05) is 24.4 Å². The Kier molecular flexibility index (Phi) is 5.28. The smallest absolute Gasteiger partial charge is 0.341 e. The van der Waals surface area contributed by atoms with Crippen LogP contribution >= 0.6 is 11.6 Å². The van der Waals surface area contributed by atoms with Crippen LogP contribution in [0.5, 0.6) is 11.5 Å². The Labute approximate surface area is 176 Å². The van der Waals surface area contributed by atoms with Gasteiger partial charge in [-0.15, -0.1) is 0 Å². The number of carboxylic acids is 1. The maximum atomic E-state index is 10.7. The highest BCUT2D eigenvalue weighted by Crippen LogP contribution is 2.32. The standard InChI is InChI=1S/C20H18ClN5O4/c1-26-17(8-11-3-5-14-13(19(11)21)9-22-24-14)23-20(25-26)12-4-6-15(16(7-12)29-2)30-10-18(27)28/h3-7,9H,8,10H2,1-2H3,(H,22,24)(H,27,28). The van der Waals surface area contributed by atoms with Gasteiger partial charge in [0.1, 0.15) is 5.82 Å². The predicted octanol–water partition coefficient (Wildman–Crippen LogP) is 3.07. The van der Waals surface area contributed by atoms with Gasteiger partial charge < -0.3 is 14.6 Å². The molecule has 0 unspecified atom stereocenters. The highest BCUT2D eigenvalue weighted by atomic mass is 35.5. The van der Waals surface area contributed by atoms with Crippen LogP contribution in [-0.2, 0) is 18.3 Å². The molecule has 0 saturated carbocycles. The van der Waals surface area contributed by atoms with Crippen LogP contribution in [0.2, 0.25) is 5.02 Å². The Balaban J connectivity index is 1.61. The van der Waals surface area contributed by atoms with Gasteiger partial charge in [-0.1, -0.05) is 17.7 Å². The fourth-order valence-electron chi connectivity index (χ4n) is 3.09. The Morgan fingerprint density at radius 3 is 2.87 bits per heavy atom. The number of aromatic amines is 1. The molecule has 2 heterocycles. The second-order valence-electron chi connectivity index (χ2n) is 6.57. The van der Waals surface area contributed by atoms with Crippen LogP contribution < -0.4 is 9.47 Å². The number of hydrogen-bond acceptors (Lipinski definition) is 6. The molecule has 0 radical (unpaired) electrons. The first-order valence-corrected chi connectivity index (χ1v) is 9.37. The predicted molar refractivity (Wildman–Crippen MR) is 110 cm³/mol. The Hall–Kier alpha value is -3.59. The average molecular weight is 428 g/mol. The third-order valence-electron chi connectivity index (χ3n) is 4.61. The van der Waals surface area contributed by atoms with Gasteiger partial charge in [0.25, 0.3) is 0 Å². The fraction of sp³-hybridized carbons (Fsp3) is 0.200. The molecule has 2 N–H and O–H groups in total. The van der Waals surface area contributed by atoms with E-state index in [1.54, 1.807) is 29.1 Å². The van der Waals surface area contributed by atoms with Crippen molar-refractivity contribution in [3.63, 3.8) is 0 Å². The van der Waals surface area contributed by atoms with Crippen molar-refractivity contribution in [2.75, 3.05) is 13.7 Å². The van der Waals surface area contributed by atoms with E-state index in [2.05, 4.69) is 20.3 Å². The lowest BCUT2D eigenvalue weighted by Crippen LogP contribution is -2.10. The van der Waals surface area contributed by atoms with Gasteiger partial charge in [0.15, 0.2) is 23.9 Å². The van der Waals surface area contributed by atoms with Crippen molar-refractivity contribution >= 4 is 28.5 Å². The molecule has 0 aliphatic heterocycles. The van der Waals surface area contributed by atoms with Gasteiger partial charge in [0.05, 0.1) is 23.8 Å². The SMILES string of the molecule is COc1cc(-c2nc(Cc3ccc4[nH]ncc4c3Cl)n(C)n2)ccc1OCC(=O)O. The lowest BCUT2D eigenvalue weighted by atomic mass is 10.1. The van der Waals surface area contributed by atoms with Gasteiger partial charge in [-0.05, 0) is 29.8 Å². The maximum absolute atomic E-state index is 10.7. The quantitative estimate of drug-likeness (QED) is 0.465. The van der Waals surface area contributed by atoms with Gasteiger partial charge in [-0.3, -0.25) is 9.78 Å². The molecule has 0 bridgehead atoms. The van der Waals surface area contributed by atoms with Crippen molar-refractivity contribution in [2.45, 2.75) is 6.42 Å². The summed E-state index contributed by atoms with van der Waals surface area (Å²) < 4.78 is 12.3. The van der Waals surface area contributed by atoms with E-state index in [-0.39, 0.29) is 0 Å². The van der Waals surface area contributed by atoms with E-state index in [4.69, 9.17) is 26.2 Å². The maximum Gasteiger partial charge on any atom is 0.341 e. The molecule has 0 spiro atoms. The second-order valence-corrected chi connectivity index (χ2v) is 6.95. The van der Waals surface area contributed by atoms with Crippen LogP contribution in [0.15, 0.2) is 36.5 Å². The number of fused-ring (bicyclic) bond motifs is 1. The Morgan fingerprint density at radius 1 is 1.27 bits per heavy atom. The normalized spacial score (nSPS) is 11.0. The summed E-state index contributed by atoms with van der Waals surface area (Å²) in [6.45, 7) is -0.455.